The van der Waals surface area contributed by atoms with E-state index in [4.69, 9.17) is 17.0 Å². The van der Waals surface area contributed by atoms with Crippen molar-refractivity contribution in [1.82, 2.24) is 9.73 Å². The van der Waals surface area contributed by atoms with Gasteiger partial charge in [0, 0.05) is 24.3 Å². The minimum atomic E-state index is -3.51. The Morgan fingerprint density at radius 1 is 1.00 bits per heavy atom. The topological polar surface area (TPSA) is 83.0 Å². The maximum Gasteiger partial charge on any atom is 0.243 e. The third-order valence-corrected chi connectivity index (χ3v) is 7.56. The molecule has 1 saturated heterocycles. The Kier molecular flexibility index (Phi) is 6.96. The number of hydrazone groups is 1. The van der Waals surface area contributed by atoms with Crippen LogP contribution in [0.15, 0.2) is 58.5 Å². The second-order valence-corrected chi connectivity index (χ2v) is 9.88. The molecule has 0 bridgehead atoms. The number of nitrogens with zero attached hydrogens (tertiary/aromatic N) is 2. The highest BCUT2D eigenvalue weighted by Crippen LogP contribution is 2.21. The molecule has 0 atom stereocenters. The van der Waals surface area contributed by atoms with Crippen LogP contribution in [0.2, 0.25) is 0 Å². The van der Waals surface area contributed by atoms with Crippen molar-refractivity contribution in [2.24, 2.45) is 5.10 Å². The van der Waals surface area contributed by atoms with E-state index >= 15 is 0 Å². The SMILES string of the molecule is O=S(=O)(c1ccc(NC(=S)NN=C2CCCCc3ccccc32)cc1)N1CCOCC1. The van der Waals surface area contributed by atoms with E-state index in [0.29, 0.717) is 37.1 Å². The first kappa shape index (κ1) is 21.9. The molecular formula is C22H26N4O3S2. The Labute approximate surface area is 188 Å². The smallest absolute Gasteiger partial charge is 0.243 e. The molecule has 2 aromatic carbocycles. The van der Waals surface area contributed by atoms with Gasteiger partial charge < -0.3 is 10.1 Å². The molecule has 1 heterocycles. The molecule has 0 radical (unpaired) electrons. The summed E-state index contributed by atoms with van der Waals surface area (Å²) in [4.78, 5) is 0.258. The first-order valence-electron chi connectivity index (χ1n) is 10.4. The zero-order valence-corrected chi connectivity index (χ0v) is 18.8. The predicted octanol–water partition coefficient (Wildman–Crippen LogP) is 3.12. The number of rotatable bonds is 4. The van der Waals surface area contributed by atoms with Gasteiger partial charge in [-0.05, 0) is 67.7 Å². The van der Waals surface area contributed by atoms with E-state index in [1.807, 2.05) is 6.07 Å². The molecule has 2 aromatic rings. The fourth-order valence-electron chi connectivity index (χ4n) is 3.80. The third-order valence-electron chi connectivity index (χ3n) is 5.45. The number of hydrogen-bond acceptors (Lipinski definition) is 5. The first-order chi connectivity index (χ1) is 15.0. The number of thiocarbonyl (C=S) groups is 1. The van der Waals surface area contributed by atoms with E-state index < -0.39 is 10.0 Å². The number of hydrogen-bond donors (Lipinski definition) is 2. The van der Waals surface area contributed by atoms with Crippen molar-refractivity contribution >= 4 is 38.8 Å². The summed E-state index contributed by atoms with van der Waals surface area (Å²) in [6.07, 6.45) is 4.21. The number of morpholine rings is 1. The molecule has 1 fully saturated rings. The molecule has 4 rings (SSSR count). The van der Waals surface area contributed by atoms with Gasteiger partial charge in [0.05, 0.1) is 23.8 Å². The van der Waals surface area contributed by atoms with E-state index in [9.17, 15) is 8.42 Å². The molecule has 0 unspecified atom stereocenters. The van der Waals surface area contributed by atoms with Crippen LogP contribution in [0.5, 0.6) is 0 Å². The van der Waals surface area contributed by atoms with Crippen molar-refractivity contribution in [3.8, 4) is 0 Å². The number of aryl methyl sites for hydroxylation is 1. The van der Waals surface area contributed by atoms with E-state index in [1.54, 1.807) is 24.3 Å². The van der Waals surface area contributed by atoms with Crippen LogP contribution in [0, 0.1) is 0 Å². The zero-order chi connectivity index (χ0) is 21.7. The van der Waals surface area contributed by atoms with Crippen LogP contribution in [0.3, 0.4) is 0 Å². The normalized spacial score (nSPS) is 18.8. The summed E-state index contributed by atoms with van der Waals surface area (Å²) in [7, 11) is -3.51. The molecule has 1 aliphatic carbocycles. The number of nitrogens with one attached hydrogen (secondary N) is 2. The van der Waals surface area contributed by atoms with Gasteiger partial charge in [0.1, 0.15) is 0 Å². The quantitative estimate of drug-likeness (QED) is 0.416. The van der Waals surface area contributed by atoms with Crippen LogP contribution in [0.4, 0.5) is 5.69 Å². The maximum atomic E-state index is 12.7. The summed E-state index contributed by atoms with van der Waals surface area (Å²) in [6, 6.07) is 14.9. The van der Waals surface area contributed by atoms with Gasteiger partial charge in [0.25, 0.3) is 0 Å². The lowest BCUT2D eigenvalue weighted by Gasteiger charge is -2.26. The molecule has 0 saturated carbocycles. The predicted molar refractivity (Wildman–Crippen MR) is 126 cm³/mol. The molecule has 0 amide bonds. The molecule has 31 heavy (non-hydrogen) atoms. The van der Waals surface area contributed by atoms with Gasteiger partial charge in [0.2, 0.25) is 10.0 Å². The van der Waals surface area contributed by atoms with Crippen molar-refractivity contribution in [2.45, 2.75) is 30.6 Å². The lowest BCUT2D eigenvalue weighted by Crippen LogP contribution is -2.40. The van der Waals surface area contributed by atoms with E-state index in [0.717, 1.165) is 31.4 Å². The zero-order valence-electron chi connectivity index (χ0n) is 17.2. The standard InChI is InChI=1S/C22H26N4O3S2/c27-31(28,26-13-15-29-16-14-26)19-11-9-18(10-12-19)23-22(30)25-24-21-8-4-2-6-17-5-1-3-7-20(17)21/h1,3,5,7,9-12H,2,4,6,8,13-16H2,(H2,23,25,30). The first-order valence-corrected chi connectivity index (χ1v) is 12.3. The van der Waals surface area contributed by atoms with Crippen molar-refractivity contribution < 1.29 is 13.2 Å². The summed E-state index contributed by atoms with van der Waals surface area (Å²) in [6.45, 7) is 1.59. The third kappa shape index (κ3) is 5.30. The molecule has 9 heteroatoms. The second-order valence-electron chi connectivity index (χ2n) is 7.53. The highest BCUT2D eigenvalue weighted by atomic mass is 32.2. The summed E-state index contributed by atoms with van der Waals surface area (Å²) < 4.78 is 32.1. The Hall–Kier alpha value is -2.33. The second kappa shape index (κ2) is 9.86. The Bertz CT molecular complexity index is 1060. The molecule has 1 aliphatic heterocycles. The summed E-state index contributed by atoms with van der Waals surface area (Å²) in [5.41, 5.74) is 7.12. The summed E-state index contributed by atoms with van der Waals surface area (Å²) in [5, 5.41) is 7.97. The highest BCUT2D eigenvalue weighted by Gasteiger charge is 2.26. The van der Waals surface area contributed by atoms with Gasteiger partial charge in [-0.2, -0.15) is 9.41 Å². The molecule has 2 N–H and O–H groups in total. The van der Waals surface area contributed by atoms with Crippen molar-refractivity contribution in [1.29, 1.82) is 0 Å². The number of fused-ring (bicyclic) bond motifs is 1. The summed E-state index contributed by atoms with van der Waals surface area (Å²) >= 11 is 5.38. The van der Waals surface area contributed by atoms with Crippen LogP contribution >= 0.6 is 12.2 Å². The van der Waals surface area contributed by atoms with Gasteiger partial charge in [-0.3, -0.25) is 5.43 Å². The Morgan fingerprint density at radius 3 is 2.48 bits per heavy atom. The van der Waals surface area contributed by atoms with Gasteiger partial charge in [-0.15, -0.1) is 0 Å². The maximum absolute atomic E-state index is 12.7. The number of sulfonamides is 1. The molecular weight excluding hydrogens is 432 g/mol. The minimum absolute atomic E-state index is 0.258. The van der Waals surface area contributed by atoms with Crippen LogP contribution in [0.1, 0.15) is 30.4 Å². The number of anilines is 1. The average Bonchev–Trinajstić information content (AvgIpc) is 3.01. The Balaban J connectivity index is 1.40. The Morgan fingerprint density at radius 2 is 1.71 bits per heavy atom. The van der Waals surface area contributed by atoms with Gasteiger partial charge in [-0.1, -0.05) is 24.3 Å². The molecule has 7 nitrogen and oxygen atoms in total. The largest absolute Gasteiger partial charge is 0.379 e. The van der Waals surface area contributed by atoms with E-state index in [2.05, 4.69) is 34.0 Å². The summed E-state index contributed by atoms with van der Waals surface area (Å²) in [5.74, 6) is 0. The molecule has 0 aromatic heterocycles. The highest BCUT2D eigenvalue weighted by molar-refractivity contribution is 7.89. The van der Waals surface area contributed by atoms with Crippen molar-refractivity contribution in [3.05, 3.63) is 59.7 Å². The lowest BCUT2D eigenvalue weighted by molar-refractivity contribution is 0.0730. The van der Waals surface area contributed by atoms with Gasteiger partial charge in [-0.25, -0.2) is 8.42 Å². The van der Waals surface area contributed by atoms with Crippen LogP contribution in [-0.2, 0) is 21.2 Å². The van der Waals surface area contributed by atoms with Crippen LogP contribution < -0.4 is 10.7 Å². The van der Waals surface area contributed by atoms with Crippen molar-refractivity contribution in [3.63, 3.8) is 0 Å². The van der Waals surface area contributed by atoms with Gasteiger partial charge >= 0.3 is 0 Å². The van der Waals surface area contributed by atoms with Crippen LogP contribution in [0.25, 0.3) is 0 Å². The molecule has 0 spiro atoms. The van der Waals surface area contributed by atoms with E-state index in [-0.39, 0.29) is 4.90 Å². The lowest BCUT2D eigenvalue weighted by atomic mass is 10.0. The molecule has 2 aliphatic rings. The van der Waals surface area contributed by atoms with Crippen molar-refractivity contribution in [2.75, 3.05) is 31.6 Å². The fourth-order valence-corrected chi connectivity index (χ4v) is 5.37. The average molecular weight is 459 g/mol. The number of ether oxygens (including phenoxy) is 1. The number of benzene rings is 2. The van der Waals surface area contributed by atoms with Gasteiger partial charge in [0.15, 0.2) is 5.11 Å². The molecule has 164 valence electrons. The van der Waals surface area contributed by atoms with E-state index in [1.165, 1.54) is 15.4 Å². The fraction of sp³-hybridized carbons (Fsp3) is 0.364. The monoisotopic (exact) mass is 458 g/mol. The van der Waals surface area contributed by atoms with Crippen LogP contribution in [-0.4, -0.2) is 49.9 Å². The minimum Gasteiger partial charge on any atom is -0.379 e.